The number of fused-ring (bicyclic) bond motifs is 3. The number of nitrogens with zero attached hydrogens (tertiary/aromatic N) is 1. The maximum absolute atomic E-state index is 13.2. The van der Waals surface area contributed by atoms with E-state index in [1.807, 2.05) is 48.5 Å². The summed E-state index contributed by atoms with van der Waals surface area (Å²) in [7, 11) is 0. The third kappa shape index (κ3) is 4.72. The van der Waals surface area contributed by atoms with E-state index in [1.54, 1.807) is 6.92 Å². The summed E-state index contributed by atoms with van der Waals surface area (Å²) in [5.74, 6) is -0.0378. The van der Waals surface area contributed by atoms with Crippen molar-refractivity contribution < 1.29 is 28.6 Å². The van der Waals surface area contributed by atoms with Crippen LogP contribution in [-0.4, -0.2) is 49.3 Å². The quantitative estimate of drug-likeness (QED) is 0.493. The number of carbonyl (C=O) groups is 3. The highest BCUT2D eigenvalue weighted by molar-refractivity contribution is 6.07. The van der Waals surface area contributed by atoms with Crippen molar-refractivity contribution in [3.05, 3.63) is 64.8 Å². The second-order valence-electron chi connectivity index (χ2n) is 8.42. The summed E-state index contributed by atoms with van der Waals surface area (Å²) >= 11 is 0. The zero-order chi connectivity index (χ0) is 25.1. The second-order valence-corrected chi connectivity index (χ2v) is 8.42. The molecule has 0 radical (unpaired) electrons. The Balaban J connectivity index is 1.40. The molecule has 2 N–H and O–H groups in total. The first-order valence-corrected chi connectivity index (χ1v) is 11.8. The SMILES string of the molecule is CCNC(=O)CNC(=O)COC(=O)c1c2c(nc3ccccc13)/C(=C/c1ccc3c(c1)OCO3)CC2. The van der Waals surface area contributed by atoms with E-state index in [2.05, 4.69) is 10.6 Å². The van der Waals surface area contributed by atoms with E-state index >= 15 is 0 Å². The number of carbonyl (C=O) groups excluding carboxylic acids is 3. The molecule has 3 aromatic rings. The van der Waals surface area contributed by atoms with Crippen LogP contribution in [0.4, 0.5) is 0 Å². The summed E-state index contributed by atoms with van der Waals surface area (Å²) in [6.45, 7) is 1.81. The molecule has 9 nitrogen and oxygen atoms in total. The first-order valence-electron chi connectivity index (χ1n) is 11.8. The lowest BCUT2D eigenvalue weighted by molar-refractivity contribution is -0.127. The Morgan fingerprint density at radius 3 is 2.72 bits per heavy atom. The zero-order valence-electron chi connectivity index (χ0n) is 19.8. The Hall–Kier alpha value is -4.40. The van der Waals surface area contributed by atoms with Gasteiger partial charge < -0.3 is 24.8 Å². The highest BCUT2D eigenvalue weighted by atomic mass is 16.7. The molecule has 0 atom stereocenters. The van der Waals surface area contributed by atoms with E-state index < -0.39 is 18.5 Å². The van der Waals surface area contributed by atoms with Crippen molar-refractivity contribution in [1.29, 1.82) is 0 Å². The summed E-state index contributed by atoms with van der Waals surface area (Å²) in [6.07, 6.45) is 3.37. The number of aromatic nitrogens is 1. The minimum atomic E-state index is -0.595. The fourth-order valence-corrected chi connectivity index (χ4v) is 4.41. The van der Waals surface area contributed by atoms with Crippen molar-refractivity contribution in [3.8, 4) is 11.5 Å². The van der Waals surface area contributed by atoms with E-state index in [0.717, 1.165) is 22.4 Å². The van der Waals surface area contributed by atoms with Crippen LogP contribution >= 0.6 is 0 Å². The van der Waals surface area contributed by atoms with Crippen molar-refractivity contribution >= 4 is 40.3 Å². The topological polar surface area (TPSA) is 116 Å². The molecule has 0 spiro atoms. The summed E-state index contributed by atoms with van der Waals surface area (Å²) < 4.78 is 16.2. The highest BCUT2D eigenvalue weighted by Crippen LogP contribution is 2.39. The monoisotopic (exact) mass is 487 g/mol. The number of likely N-dealkylation sites (N-methyl/N-ethyl adjacent to an activating group) is 1. The number of rotatable bonds is 7. The number of para-hydroxylation sites is 1. The summed E-state index contributed by atoms with van der Waals surface area (Å²) in [4.78, 5) is 41.7. The van der Waals surface area contributed by atoms with Crippen LogP contribution in [-0.2, 0) is 20.7 Å². The first-order chi connectivity index (χ1) is 17.5. The van der Waals surface area contributed by atoms with Gasteiger partial charge in [-0.3, -0.25) is 9.59 Å². The number of benzene rings is 2. The van der Waals surface area contributed by atoms with Gasteiger partial charge in [0.05, 0.1) is 23.3 Å². The van der Waals surface area contributed by atoms with Crippen LogP contribution in [0, 0.1) is 0 Å². The molecular formula is C27H25N3O6. The molecule has 1 aliphatic carbocycles. The van der Waals surface area contributed by atoms with Gasteiger partial charge in [0, 0.05) is 11.9 Å². The molecule has 2 heterocycles. The van der Waals surface area contributed by atoms with Gasteiger partial charge in [0.25, 0.3) is 5.91 Å². The van der Waals surface area contributed by atoms with Gasteiger partial charge >= 0.3 is 5.97 Å². The van der Waals surface area contributed by atoms with E-state index in [-0.39, 0.29) is 19.2 Å². The number of hydrogen-bond donors (Lipinski definition) is 2. The fraction of sp³-hybridized carbons (Fsp3) is 0.259. The lowest BCUT2D eigenvalue weighted by atomic mass is 10.0. The third-order valence-electron chi connectivity index (χ3n) is 6.04. The molecule has 1 aromatic heterocycles. The van der Waals surface area contributed by atoms with Gasteiger partial charge in [-0.25, -0.2) is 9.78 Å². The normalized spacial score (nSPS) is 14.5. The Morgan fingerprint density at radius 1 is 1.03 bits per heavy atom. The number of esters is 1. The van der Waals surface area contributed by atoms with Crippen LogP contribution < -0.4 is 20.1 Å². The van der Waals surface area contributed by atoms with Crippen LogP contribution in [0.3, 0.4) is 0 Å². The molecule has 2 aromatic carbocycles. The summed E-state index contributed by atoms with van der Waals surface area (Å²) in [5.41, 5.74) is 4.59. The van der Waals surface area contributed by atoms with Crippen molar-refractivity contribution in [2.75, 3.05) is 26.5 Å². The van der Waals surface area contributed by atoms with E-state index in [4.69, 9.17) is 19.2 Å². The average molecular weight is 488 g/mol. The molecule has 2 amide bonds. The molecule has 9 heteroatoms. The molecule has 36 heavy (non-hydrogen) atoms. The standard InChI is InChI=1S/C27H25N3O6/c1-2-28-23(31)13-29-24(32)14-34-27(33)25-18-5-3-4-6-20(18)30-26-17(8-9-19(25)26)11-16-7-10-21-22(12-16)36-15-35-21/h3-7,10-12H,2,8-9,13-15H2,1H3,(H,28,31)(H,29,32)/b17-11+. The first kappa shape index (κ1) is 23.3. The molecular weight excluding hydrogens is 462 g/mol. The predicted molar refractivity (Wildman–Crippen MR) is 132 cm³/mol. The van der Waals surface area contributed by atoms with Gasteiger partial charge in [-0.05, 0) is 60.7 Å². The second kappa shape index (κ2) is 10.1. The lowest BCUT2D eigenvalue weighted by Crippen LogP contribution is -2.38. The zero-order valence-corrected chi connectivity index (χ0v) is 19.8. The number of ether oxygens (including phenoxy) is 3. The molecule has 0 fully saturated rings. The number of hydrogen-bond acceptors (Lipinski definition) is 7. The molecule has 2 aliphatic rings. The van der Waals surface area contributed by atoms with Crippen molar-refractivity contribution in [1.82, 2.24) is 15.6 Å². The molecule has 0 bridgehead atoms. The molecule has 5 rings (SSSR count). The van der Waals surface area contributed by atoms with Gasteiger partial charge in [0.1, 0.15) is 0 Å². The molecule has 184 valence electrons. The molecule has 0 saturated heterocycles. The largest absolute Gasteiger partial charge is 0.454 e. The third-order valence-corrected chi connectivity index (χ3v) is 6.04. The number of nitrogens with one attached hydrogen (secondary N) is 2. The smallest absolute Gasteiger partial charge is 0.339 e. The molecule has 0 unspecified atom stereocenters. The Morgan fingerprint density at radius 2 is 1.86 bits per heavy atom. The van der Waals surface area contributed by atoms with Gasteiger partial charge in [-0.1, -0.05) is 24.3 Å². The van der Waals surface area contributed by atoms with Gasteiger partial charge in [-0.15, -0.1) is 0 Å². The van der Waals surface area contributed by atoms with Gasteiger partial charge in [0.2, 0.25) is 12.7 Å². The highest BCUT2D eigenvalue weighted by Gasteiger charge is 2.28. The Bertz CT molecular complexity index is 1400. The maximum Gasteiger partial charge on any atom is 0.339 e. The number of amides is 2. The fourth-order valence-electron chi connectivity index (χ4n) is 4.41. The average Bonchev–Trinajstić information content (AvgIpc) is 3.51. The number of pyridine rings is 1. The van der Waals surface area contributed by atoms with Crippen LogP contribution in [0.1, 0.15) is 40.5 Å². The predicted octanol–water partition coefficient (Wildman–Crippen LogP) is 2.86. The minimum absolute atomic E-state index is 0.175. The van der Waals surface area contributed by atoms with Crippen molar-refractivity contribution in [2.24, 2.45) is 0 Å². The van der Waals surface area contributed by atoms with Gasteiger partial charge in [0.15, 0.2) is 18.1 Å². The lowest BCUT2D eigenvalue weighted by Gasteiger charge is -2.12. The van der Waals surface area contributed by atoms with Crippen LogP contribution in [0.25, 0.3) is 22.6 Å². The van der Waals surface area contributed by atoms with E-state index in [9.17, 15) is 14.4 Å². The van der Waals surface area contributed by atoms with Crippen molar-refractivity contribution in [2.45, 2.75) is 19.8 Å². The summed E-state index contributed by atoms with van der Waals surface area (Å²) in [6, 6.07) is 13.1. The molecule has 1 aliphatic heterocycles. The van der Waals surface area contributed by atoms with Gasteiger partial charge in [-0.2, -0.15) is 0 Å². The van der Waals surface area contributed by atoms with E-state index in [0.29, 0.717) is 47.4 Å². The van der Waals surface area contributed by atoms with Crippen LogP contribution in [0.2, 0.25) is 0 Å². The minimum Gasteiger partial charge on any atom is -0.454 e. The summed E-state index contributed by atoms with van der Waals surface area (Å²) in [5, 5.41) is 5.71. The Labute approximate surface area is 207 Å². The van der Waals surface area contributed by atoms with Crippen LogP contribution in [0.15, 0.2) is 42.5 Å². The molecule has 0 saturated carbocycles. The van der Waals surface area contributed by atoms with Crippen LogP contribution in [0.5, 0.6) is 11.5 Å². The van der Waals surface area contributed by atoms with Crippen molar-refractivity contribution in [3.63, 3.8) is 0 Å². The maximum atomic E-state index is 13.2. The number of allylic oxidation sites excluding steroid dienone is 1. The Kier molecular flexibility index (Phi) is 6.53. The van der Waals surface area contributed by atoms with E-state index in [1.165, 1.54) is 0 Å².